The van der Waals surface area contributed by atoms with Crippen LogP contribution in [-0.2, 0) is 0 Å². The van der Waals surface area contributed by atoms with Crippen LogP contribution in [0.2, 0.25) is 5.02 Å². The van der Waals surface area contributed by atoms with Crippen LogP contribution in [-0.4, -0.2) is 4.98 Å². The first kappa shape index (κ1) is 9.27. The van der Waals surface area contributed by atoms with Crippen molar-refractivity contribution in [1.29, 1.82) is 0 Å². The van der Waals surface area contributed by atoms with Crippen LogP contribution in [0.1, 0.15) is 22.5 Å². The second-order valence-corrected chi connectivity index (χ2v) is 3.22. The summed E-state index contributed by atoms with van der Waals surface area (Å²) < 4.78 is 0. The van der Waals surface area contributed by atoms with Gasteiger partial charge in [0.1, 0.15) is 0 Å². The van der Waals surface area contributed by atoms with E-state index in [-0.39, 0.29) is 0 Å². The zero-order valence-electron chi connectivity index (χ0n) is 7.61. The highest BCUT2D eigenvalue weighted by Crippen LogP contribution is 2.24. The van der Waals surface area contributed by atoms with E-state index in [2.05, 4.69) is 11.6 Å². The van der Waals surface area contributed by atoms with E-state index in [0.717, 1.165) is 27.5 Å². The van der Waals surface area contributed by atoms with Crippen LogP contribution in [0.15, 0.2) is 6.58 Å². The summed E-state index contributed by atoms with van der Waals surface area (Å²) in [6, 6.07) is 0. The predicted octanol–water partition coefficient (Wildman–Crippen LogP) is 3.30. The zero-order chi connectivity index (χ0) is 9.30. The fraction of sp³-hybridized carbons (Fsp3) is 0.300. The molecule has 0 saturated heterocycles. The van der Waals surface area contributed by atoms with E-state index in [1.54, 1.807) is 6.08 Å². The summed E-state index contributed by atoms with van der Waals surface area (Å²) in [4.78, 5) is 4.30. The van der Waals surface area contributed by atoms with Gasteiger partial charge in [0, 0.05) is 5.69 Å². The van der Waals surface area contributed by atoms with Gasteiger partial charge in [0.05, 0.1) is 10.7 Å². The lowest BCUT2D eigenvalue weighted by Gasteiger charge is -2.08. The first-order valence-electron chi connectivity index (χ1n) is 3.83. The number of hydrogen-bond donors (Lipinski definition) is 0. The Morgan fingerprint density at radius 1 is 1.25 bits per heavy atom. The van der Waals surface area contributed by atoms with Crippen molar-refractivity contribution in [3.05, 3.63) is 34.1 Å². The van der Waals surface area contributed by atoms with Gasteiger partial charge in [-0.05, 0) is 31.9 Å². The number of aryl methyl sites for hydroxylation is 2. The van der Waals surface area contributed by atoms with Crippen molar-refractivity contribution in [2.45, 2.75) is 20.8 Å². The van der Waals surface area contributed by atoms with E-state index in [4.69, 9.17) is 11.6 Å². The minimum atomic E-state index is 0.746. The van der Waals surface area contributed by atoms with Gasteiger partial charge in [-0.15, -0.1) is 0 Å². The first-order chi connectivity index (χ1) is 5.57. The van der Waals surface area contributed by atoms with Crippen LogP contribution >= 0.6 is 11.6 Å². The number of halogens is 1. The van der Waals surface area contributed by atoms with Crippen molar-refractivity contribution in [1.82, 2.24) is 4.98 Å². The number of hydrogen-bond acceptors (Lipinski definition) is 1. The van der Waals surface area contributed by atoms with Gasteiger partial charge in [0.25, 0.3) is 0 Å². The minimum absolute atomic E-state index is 0.746. The SMILES string of the molecule is C=Cc1c(C)nc(C)c(Cl)c1C. The number of rotatable bonds is 1. The molecule has 0 aliphatic carbocycles. The van der Waals surface area contributed by atoms with Gasteiger partial charge in [-0.3, -0.25) is 4.98 Å². The molecule has 1 aromatic heterocycles. The standard InChI is InChI=1S/C10H12ClN/c1-5-9-6(2)10(11)8(4)12-7(9)3/h5H,1H2,2-4H3. The molecule has 64 valence electrons. The second kappa shape index (κ2) is 3.28. The quantitative estimate of drug-likeness (QED) is 0.648. The Morgan fingerprint density at radius 3 is 2.33 bits per heavy atom. The van der Waals surface area contributed by atoms with Crippen LogP contribution in [0, 0.1) is 20.8 Å². The summed E-state index contributed by atoms with van der Waals surface area (Å²) in [6.45, 7) is 9.59. The third kappa shape index (κ3) is 1.37. The molecule has 0 aromatic carbocycles. The summed E-state index contributed by atoms with van der Waals surface area (Å²) >= 11 is 6.02. The van der Waals surface area contributed by atoms with Crippen LogP contribution < -0.4 is 0 Å². The Hall–Kier alpha value is -0.820. The summed E-state index contributed by atoms with van der Waals surface area (Å²) in [7, 11) is 0. The topological polar surface area (TPSA) is 12.9 Å². The molecule has 0 saturated carbocycles. The van der Waals surface area contributed by atoms with Crippen LogP contribution in [0.5, 0.6) is 0 Å². The van der Waals surface area contributed by atoms with Gasteiger partial charge < -0.3 is 0 Å². The molecular weight excluding hydrogens is 170 g/mol. The van der Waals surface area contributed by atoms with Crippen molar-refractivity contribution in [2.24, 2.45) is 0 Å². The molecule has 0 fully saturated rings. The van der Waals surface area contributed by atoms with E-state index < -0.39 is 0 Å². The molecule has 0 radical (unpaired) electrons. The van der Waals surface area contributed by atoms with Crippen LogP contribution in [0.3, 0.4) is 0 Å². The van der Waals surface area contributed by atoms with Gasteiger partial charge in [-0.1, -0.05) is 24.3 Å². The van der Waals surface area contributed by atoms with E-state index in [0.29, 0.717) is 0 Å². The van der Waals surface area contributed by atoms with Crippen molar-refractivity contribution in [2.75, 3.05) is 0 Å². The maximum absolute atomic E-state index is 6.02. The van der Waals surface area contributed by atoms with Crippen molar-refractivity contribution in [3.63, 3.8) is 0 Å². The molecule has 2 heteroatoms. The first-order valence-corrected chi connectivity index (χ1v) is 4.21. The van der Waals surface area contributed by atoms with Gasteiger partial charge in [-0.25, -0.2) is 0 Å². The average molecular weight is 182 g/mol. The maximum atomic E-state index is 6.02. The molecule has 12 heavy (non-hydrogen) atoms. The Balaban J connectivity index is 3.51. The van der Waals surface area contributed by atoms with E-state index >= 15 is 0 Å². The molecule has 1 nitrogen and oxygen atoms in total. The molecule has 0 atom stereocenters. The molecular formula is C10H12ClN. The average Bonchev–Trinajstić information content (AvgIpc) is 2.01. The third-order valence-corrected chi connectivity index (χ3v) is 2.54. The van der Waals surface area contributed by atoms with E-state index in [9.17, 15) is 0 Å². The Morgan fingerprint density at radius 2 is 1.83 bits per heavy atom. The fourth-order valence-electron chi connectivity index (χ4n) is 1.32. The Labute approximate surface area is 78.1 Å². The molecule has 0 N–H and O–H groups in total. The van der Waals surface area contributed by atoms with Crippen LogP contribution in [0.4, 0.5) is 0 Å². The summed E-state index contributed by atoms with van der Waals surface area (Å²) in [5.41, 5.74) is 3.99. The highest BCUT2D eigenvalue weighted by molar-refractivity contribution is 6.32. The lowest BCUT2D eigenvalue weighted by atomic mass is 10.1. The van der Waals surface area contributed by atoms with E-state index in [1.165, 1.54) is 0 Å². The minimum Gasteiger partial charge on any atom is -0.256 e. The normalized spacial score (nSPS) is 10.0. The van der Waals surface area contributed by atoms with E-state index in [1.807, 2.05) is 20.8 Å². The third-order valence-electron chi connectivity index (χ3n) is 1.98. The fourth-order valence-corrected chi connectivity index (χ4v) is 1.47. The van der Waals surface area contributed by atoms with Crippen molar-refractivity contribution in [3.8, 4) is 0 Å². The lowest BCUT2D eigenvalue weighted by molar-refractivity contribution is 1.09. The molecule has 1 rings (SSSR count). The van der Waals surface area contributed by atoms with Crippen molar-refractivity contribution >= 4 is 17.7 Å². The molecule has 1 aromatic rings. The molecule has 0 aliphatic heterocycles. The molecule has 0 amide bonds. The second-order valence-electron chi connectivity index (χ2n) is 2.84. The molecule has 0 unspecified atom stereocenters. The smallest absolute Gasteiger partial charge is 0.0653 e. The molecule has 0 bridgehead atoms. The van der Waals surface area contributed by atoms with Gasteiger partial charge in [0.2, 0.25) is 0 Å². The van der Waals surface area contributed by atoms with Gasteiger partial charge in [-0.2, -0.15) is 0 Å². The maximum Gasteiger partial charge on any atom is 0.0653 e. The van der Waals surface area contributed by atoms with Crippen LogP contribution in [0.25, 0.3) is 6.08 Å². The molecule has 1 heterocycles. The summed E-state index contributed by atoms with van der Waals surface area (Å²) in [6.07, 6.45) is 1.79. The Bertz CT molecular complexity index is 329. The lowest BCUT2D eigenvalue weighted by Crippen LogP contribution is -1.95. The Kier molecular flexibility index (Phi) is 2.53. The number of pyridine rings is 1. The summed E-state index contributed by atoms with van der Waals surface area (Å²) in [5.74, 6) is 0. The molecule has 0 aliphatic rings. The highest BCUT2D eigenvalue weighted by Gasteiger charge is 2.07. The van der Waals surface area contributed by atoms with Gasteiger partial charge in [0.15, 0.2) is 0 Å². The van der Waals surface area contributed by atoms with Crippen molar-refractivity contribution < 1.29 is 0 Å². The molecule has 0 spiro atoms. The largest absolute Gasteiger partial charge is 0.256 e. The van der Waals surface area contributed by atoms with Gasteiger partial charge >= 0.3 is 0 Å². The zero-order valence-corrected chi connectivity index (χ0v) is 8.37. The summed E-state index contributed by atoms with van der Waals surface area (Å²) in [5, 5.41) is 0.746. The monoisotopic (exact) mass is 181 g/mol. The number of aromatic nitrogens is 1. The highest BCUT2D eigenvalue weighted by atomic mass is 35.5. The number of nitrogens with zero attached hydrogens (tertiary/aromatic N) is 1. The predicted molar refractivity (Wildman–Crippen MR) is 53.5 cm³/mol.